The molecule has 3 amide bonds. The molecule has 0 aliphatic heterocycles. The number of benzene rings is 1. The molecule has 15 heavy (non-hydrogen) atoms. The summed E-state index contributed by atoms with van der Waals surface area (Å²) >= 11 is 0. The van der Waals surface area contributed by atoms with E-state index in [2.05, 4.69) is 5.29 Å². The van der Waals surface area contributed by atoms with E-state index in [9.17, 15) is 14.5 Å². The van der Waals surface area contributed by atoms with Gasteiger partial charge in [-0.1, -0.05) is 12.1 Å². The van der Waals surface area contributed by atoms with Gasteiger partial charge in [-0.15, -0.1) is 9.92 Å². The summed E-state index contributed by atoms with van der Waals surface area (Å²) < 4.78 is 0. The third-order valence-electron chi connectivity index (χ3n) is 1.69. The normalized spacial score (nSPS) is 9.33. The molecule has 7 nitrogen and oxygen atoms in total. The summed E-state index contributed by atoms with van der Waals surface area (Å²) in [6, 6.07) is 4.67. The maximum atomic E-state index is 11.0. The Labute approximate surface area is 84.6 Å². The third-order valence-corrected chi connectivity index (χ3v) is 1.69. The van der Waals surface area contributed by atoms with Crippen LogP contribution >= 0.6 is 0 Å². The first-order valence-electron chi connectivity index (χ1n) is 3.89. The SMILES string of the molecule is NC(=O)c1ccccc1N(N=O)C(N)=O. The largest absolute Gasteiger partial charge is 0.366 e. The smallest absolute Gasteiger partial charge is 0.342 e. The average Bonchev–Trinajstić information content (AvgIpc) is 2.18. The summed E-state index contributed by atoms with van der Waals surface area (Å²) in [6.45, 7) is 0. The van der Waals surface area contributed by atoms with Crippen LogP contribution in [0.15, 0.2) is 29.6 Å². The average molecular weight is 208 g/mol. The van der Waals surface area contributed by atoms with Crippen molar-refractivity contribution in [2.75, 3.05) is 5.01 Å². The Bertz CT molecular complexity index is 418. The van der Waals surface area contributed by atoms with E-state index in [0.29, 0.717) is 5.01 Å². The molecule has 1 aromatic rings. The zero-order chi connectivity index (χ0) is 11.4. The number of nitrogens with zero attached hydrogens (tertiary/aromatic N) is 2. The second kappa shape index (κ2) is 4.18. The summed E-state index contributed by atoms with van der Waals surface area (Å²) in [5.41, 5.74) is 9.90. The van der Waals surface area contributed by atoms with Crippen molar-refractivity contribution in [3.05, 3.63) is 34.7 Å². The van der Waals surface area contributed by atoms with Crippen LogP contribution in [0.2, 0.25) is 0 Å². The summed E-state index contributed by atoms with van der Waals surface area (Å²) in [4.78, 5) is 32.1. The topological polar surface area (TPSA) is 119 Å². The molecule has 7 heteroatoms. The molecule has 0 aromatic heterocycles. The standard InChI is InChI=1S/C8H8N4O3/c9-7(13)5-3-1-2-4-6(5)12(11-15)8(10)14/h1-4H,(H2,9,13)(H2,10,14). The van der Waals surface area contributed by atoms with E-state index in [4.69, 9.17) is 11.5 Å². The number of hydrogen-bond acceptors (Lipinski definition) is 4. The van der Waals surface area contributed by atoms with Crippen molar-refractivity contribution in [1.82, 2.24) is 0 Å². The molecule has 0 bridgehead atoms. The number of amides is 3. The molecule has 4 N–H and O–H groups in total. The summed E-state index contributed by atoms with van der Waals surface area (Å²) in [7, 11) is 0. The number of rotatable bonds is 3. The predicted octanol–water partition coefficient (Wildman–Crippen LogP) is 0.352. The van der Waals surface area contributed by atoms with Gasteiger partial charge in [-0.3, -0.25) is 4.79 Å². The van der Waals surface area contributed by atoms with Crippen molar-refractivity contribution in [2.45, 2.75) is 0 Å². The first-order chi connectivity index (χ1) is 7.07. The van der Waals surface area contributed by atoms with Crippen LogP contribution in [-0.2, 0) is 0 Å². The Hall–Kier alpha value is -2.44. The van der Waals surface area contributed by atoms with Crippen LogP contribution in [-0.4, -0.2) is 11.9 Å². The fourth-order valence-electron chi connectivity index (χ4n) is 1.07. The number of carbonyl (C=O) groups excluding carboxylic acids is 2. The zero-order valence-electron chi connectivity index (χ0n) is 7.58. The molecular formula is C8H8N4O3. The van der Waals surface area contributed by atoms with E-state index >= 15 is 0 Å². The van der Waals surface area contributed by atoms with Crippen LogP contribution in [0.4, 0.5) is 10.5 Å². The fraction of sp³-hybridized carbons (Fsp3) is 0. The quantitative estimate of drug-likeness (QED) is 0.550. The minimum Gasteiger partial charge on any atom is -0.366 e. The molecule has 0 aliphatic carbocycles. The Morgan fingerprint density at radius 3 is 2.27 bits per heavy atom. The second-order valence-electron chi connectivity index (χ2n) is 2.61. The first-order valence-corrected chi connectivity index (χ1v) is 3.89. The minimum absolute atomic E-state index is 0.00380. The molecule has 0 saturated heterocycles. The number of nitroso groups, excluding NO2 is 1. The number of para-hydroxylation sites is 1. The number of anilines is 1. The summed E-state index contributed by atoms with van der Waals surface area (Å²) in [5.74, 6) is -0.777. The van der Waals surface area contributed by atoms with Gasteiger partial charge in [0.15, 0.2) is 0 Å². The van der Waals surface area contributed by atoms with Gasteiger partial charge in [-0.2, -0.15) is 0 Å². The second-order valence-corrected chi connectivity index (χ2v) is 2.61. The highest BCUT2D eigenvalue weighted by Crippen LogP contribution is 2.19. The summed E-state index contributed by atoms with van der Waals surface area (Å²) in [6.07, 6.45) is 0. The van der Waals surface area contributed by atoms with Crippen molar-refractivity contribution in [3.63, 3.8) is 0 Å². The van der Waals surface area contributed by atoms with Crippen LogP contribution in [0.1, 0.15) is 10.4 Å². The van der Waals surface area contributed by atoms with Gasteiger partial charge in [0.05, 0.1) is 16.5 Å². The lowest BCUT2D eigenvalue weighted by atomic mass is 10.1. The Kier molecular flexibility index (Phi) is 2.97. The van der Waals surface area contributed by atoms with Crippen molar-refractivity contribution in [1.29, 1.82) is 0 Å². The minimum atomic E-state index is -1.08. The van der Waals surface area contributed by atoms with Crippen LogP contribution in [0.25, 0.3) is 0 Å². The van der Waals surface area contributed by atoms with Gasteiger partial charge in [0, 0.05) is 0 Å². The number of urea groups is 1. The van der Waals surface area contributed by atoms with Crippen molar-refractivity contribution < 1.29 is 9.59 Å². The van der Waals surface area contributed by atoms with Gasteiger partial charge >= 0.3 is 6.03 Å². The van der Waals surface area contributed by atoms with Crippen molar-refractivity contribution in [2.24, 2.45) is 16.8 Å². The molecule has 0 fully saturated rings. The highest BCUT2D eigenvalue weighted by Gasteiger charge is 2.18. The van der Waals surface area contributed by atoms with Crippen LogP contribution in [0.5, 0.6) is 0 Å². The fourth-order valence-corrected chi connectivity index (χ4v) is 1.07. The predicted molar refractivity (Wildman–Crippen MR) is 52.8 cm³/mol. The van der Waals surface area contributed by atoms with Gasteiger partial charge in [-0.25, -0.2) is 4.79 Å². The molecule has 0 saturated carbocycles. The van der Waals surface area contributed by atoms with Gasteiger partial charge < -0.3 is 11.5 Å². The van der Waals surface area contributed by atoms with E-state index in [1.54, 1.807) is 0 Å². The van der Waals surface area contributed by atoms with E-state index in [1.165, 1.54) is 24.3 Å². The van der Waals surface area contributed by atoms with Gasteiger partial charge in [0.25, 0.3) is 5.91 Å². The van der Waals surface area contributed by atoms with Crippen molar-refractivity contribution in [3.8, 4) is 0 Å². The highest BCUT2D eigenvalue weighted by molar-refractivity contribution is 6.03. The summed E-state index contributed by atoms with van der Waals surface area (Å²) in [5, 5.41) is 2.76. The lowest BCUT2D eigenvalue weighted by molar-refractivity contribution is 0.100. The molecule has 0 aliphatic rings. The molecule has 0 unspecified atom stereocenters. The van der Waals surface area contributed by atoms with Gasteiger partial charge in [0.2, 0.25) is 0 Å². The number of hydrogen-bond donors (Lipinski definition) is 2. The molecule has 0 heterocycles. The van der Waals surface area contributed by atoms with Crippen LogP contribution in [0, 0.1) is 4.91 Å². The lowest BCUT2D eigenvalue weighted by Gasteiger charge is -2.12. The molecular weight excluding hydrogens is 200 g/mol. The third kappa shape index (κ3) is 2.08. The number of primary amides is 2. The maximum absolute atomic E-state index is 11.0. The van der Waals surface area contributed by atoms with E-state index in [0.717, 1.165) is 0 Å². The molecule has 0 radical (unpaired) electrons. The number of nitrogens with two attached hydrogens (primary N) is 2. The maximum Gasteiger partial charge on any atom is 0.342 e. The van der Waals surface area contributed by atoms with Crippen molar-refractivity contribution >= 4 is 17.6 Å². The Morgan fingerprint density at radius 1 is 1.20 bits per heavy atom. The Balaban J connectivity index is 3.28. The van der Waals surface area contributed by atoms with E-state index < -0.39 is 11.9 Å². The molecule has 0 spiro atoms. The monoisotopic (exact) mass is 208 g/mol. The first kappa shape index (κ1) is 10.6. The van der Waals surface area contributed by atoms with E-state index in [-0.39, 0.29) is 11.3 Å². The highest BCUT2D eigenvalue weighted by atomic mass is 16.3. The zero-order valence-corrected chi connectivity index (χ0v) is 7.58. The molecule has 0 atom stereocenters. The molecule has 1 aromatic carbocycles. The van der Waals surface area contributed by atoms with Crippen LogP contribution < -0.4 is 16.5 Å². The Morgan fingerprint density at radius 2 is 1.80 bits per heavy atom. The molecule has 1 rings (SSSR count). The lowest BCUT2D eigenvalue weighted by Crippen LogP contribution is -2.32. The van der Waals surface area contributed by atoms with Crippen LogP contribution in [0.3, 0.4) is 0 Å². The van der Waals surface area contributed by atoms with Gasteiger partial charge in [-0.05, 0) is 12.1 Å². The molecule has 78 valence electrons. The van der Waals surface area contributed by atoms with E-state index in [1.807, 2.05) is 0 Å². The van der Waals surface area contributed by atoms with Gasteiger partial charge in [0.1, 0.15) is 0 Å². The number of carbonyl (C=O) groups is 2.